The Morgan fingerprint density at radius 3 is 2.95 bits per heavy atom. The van der Waals surface area contributed by atoms with Gasteiger partial charge in [-0.2, -0.15) is 4.98 Å². The number of nitrogens with one attached hydrogen (secondary N) is 1. The van der Waals surface area contributed by atoms with Crippen molar-refractivity contribution in [2.75, 3.05) is 26.3 Å². The molecule has 1 aromatic heterocycles. The molecule has 2 unspecified atom stereocenters. The summed E-state index contributed by atoms with van der Waals surface area (Å²) in [4.78, 5) is 4.43. The molecule has 1 aliphatic rings. The lowest BCUT2D eigenvalue weighted by Crippen LogP contribution is -2.39. The van der Waals surface area contributed by atoms with Crippen molar-refractivity contribution in [1.29, 1.82) is 0 Å². The van der Waals surface area contributed by atoms with Crippen LogP contribution in [0.5, 0.6) is 0 Å². The molecule has 1 fully saturated rings. The zero-order valence-corrected chi connectivity index (χ0v) is 11.9. The van der Waals surface area contributed by atoms with Crippen molar-refractivity contribution in [2.45, 2.75) is 39.4 Å². The van der Waals surface area contributed by atoms with Crippen LogP contribution in [0.4, 0.5) is 0 Å². The molecule has 6 heteroatoms. The van der Waals surface area contributed by atoms with Gasteiger partial charge in [-0.15, -0.1) is 0 Å². The number of ether oxygens (including phenoxy) is 2. The van der Waals surface area contributed by atoms with Gasteiger partial charge < -0.3 is 19.3 Å². The van der Waals surface area contributed by atoms with E-state index in [-0.39, 0.29) is 12.2 Å². The van der Waals surface area contributed by atoms with Gasteiger partial charge in [0, 0.05) is 19.7 Å². The highest BCUT2D eigenvalue weighted by Crippen LogP contribution is 2.23. The van der Waals surface area contributed by atoms with E-state index in [0.29, 0.717) is 30.7 Å². The third kappa shape index (κ3) is 3.99. The van der Waals surface area contributed by atoms with Crippen molar-refractivity contribution in [3.8, 4) is 0 Å². The van der Waals surface area contributed by atoms with E-state index < -0.39 is 0 Å². The molecule has 0 saturated carbocycles. The predicted octanol–water partition coefficient (Wildman–Crippen LogP) is 1.33. The van der Waals surface area contributed by atoms with Crippen LogP contribution in [-0.2, 0) is 15.9 Å². The summed E-state index contributed by atoms with van der Waals surface area (Å²) in [5.41, 5.74) is 0. The van der Waals surface area contributed by atoms with E-state index in [1.165, 1.54) is 0 Å². The molecular formula is C13H23N3O3. The zero-order chi connectivity index (χ0) is 13.7. The smallest absolute Gasteiger partial charge is 0.229 e. The van der Waals surface area contributed by atoms with E-state index in [9.17, 15) is 0 Å². The lowest BCUT2D eigenvalue weighted by Gasteiger charge is -2.22. The van der Waals surface area contributed by atoms with Crippen LogP contribution in [0.2, 0.25) is 0 Å². The molecule has 1 aromatic rings. The Labute approximate surface area is 113 Å². The largest absolute Gasteiger partial charge is 0.375 e. The zero-order valence-electron chi connectivity index (χ0n) is 11.9. The average Bonchev–Trinajstić information content (AvgIpc) is 2.85. The molecule has 0 amide bonds. The SMILES string of the molecule is CCOC(c1noc(CC2CNCCO2)n1)C(C)C. The first kappa shape index (κ1) is 14.4. The van der Waals surface area contributed by atoms with Gasteiger partial charge in [-0.1, -0.05) is 19.0 Å². The molecule has 6 nitrogen and oxygen atoms in total. The van der Waals surface area contributed by atoms with Crippen molar-refractivity contribution < 1.29 is 14.0 Å². The molecule has 0 bridgehead atoms. The molecule has 0 aromatic carbocycles. The van der Waals surface area contributed by atoms with E-state index in [1.54, 1.807) is 0 Å². The summed E-state index contributed by atoms with van der Waals surface area (Å²) in [5, 5.41) is 7.32. The van der Waals surface area contributed by atoms with Gasteiger partial charge >= 0.3 is 0 Å². The van der Waals surface area contributed by atoms with Gasteiger partial charge in [-0.25, -0.2) is 0 Å². The molecule has 1 saturated heterocycles. The lowest BCUT2D eigenvalue weighted by molar-refractivity contribution is 0.0217. The number of nitrogens with zero attached hydrogens (tertiary/aromatic N) is 2. The normalized spacial score (nSPS) is 21.8. The average molecular weight is 269 g/mol. The van der Waals surface area contributed by atoms with Crippen LogP contribution in [0.3, 0.4) is 0 Å². The van der Waals surface area contributed by atoms with Crippen LogP contribution in [0.15, 0.2) is 4.52 Å². The Morgan fingerprint density at radius 2 is 2.32 bits per heavy atom. The summed E-state index contributed by atoms with van der Waals surface area (Å²) < 4.78 is 16.6. The first-order chi connectivity index (χ1) is 9.20. The van der Waals surface area contributed by atoms with Crippen molar-refractivity contribution in [3.05, 3.63) is 11.7 Å². The van der Waals surface area contributed by atoms with Gasteiger partial charge in [0.25, 0.3) is 0 Å². The maximum Gasteiger partial charge on any atom is 0.229 e. The van der Waals surface area contributed by atoms with Crippen molar-refractivity contribution >= 4 is 0 Å². The highest BCUT2D eigenvalue weighted by atomic mass is 16.5. The number of hydrogen-bond donors (Lipinski definition) is 1. The summed E-state index contributed by atoms with van der Waals surface area (Å²) in [7, 11) is 0. The first-order valence-corrected chi connectivity index (χ1v) is 6.97. The Balaban J connectivity index is 1.96. The highest BCUT2D eigenvalue weighted by Gasteiger charge is 2.24. The van der Waals surface area contributed by atoms with E-state index in [1.807, 2.05) is 6.92 Å². The van der Waals surface area contributed by atoms with Crippen LogP contribution in [0.1, 0.15) is 38.6 Å². The fourth-order valence-corrected chi connectivity index (χ4v) is 2.16. The maximum atomic E-state index is 5.66. The summed E-state index contributed by atoms with van der Waals surface area (Å²) in [6, 6.07) is 0. The van der Waals surface area contributed by atoms with E-state index in [0.717, 1.165) is 19.7 Å². The minimum Gasteiger partial charge on any atom is -0.375 e. The highest BCUT2D eigenvalue weighted by molar-refractivity contribution is 4.94. The first-order valence-electron chi connectivity index (χ1n) is 6.97. The second-order valence-corrected chi connectivity index (χ2v) is 5.07. The van der Waals surface area contributed by atoms with Gasteiger partial charge in [0.2, 0.25) is 11.7 Å². The number of hydrogen-bond acceptors (Lipinski definition) is 6. The molecule has 2 atom stereocenters. The minimum absolute atomic E-state index is 0.104. The van der Waals surface area contributed by atoms with Crippen LogP contribution < -0.4 is 5.32 Å². The van der Waals surface area contributed by atoms with Crippen LogP contribution in [0, 0.1) is 5.92 Å². The van der Waals surface area contributed by atoms with Crippen LogP contribution in [0.25, 0.3) is 0 Å². The fourth-order valence-electron chi connectivity index (χ4n) is 2.16. The van der Waals surface area contributed by atoms with Gasteiger partial charge in [-0.3, -0.25) is 0 Å². The van der Waals surface area contributed by atoms with Crippen LogP contribution >= 0.6 is 0 Å². The topological polar surface area (TPSA) is 69.4 Å². The third-order valence-corrected chi connectivity index (χ3v) is 3.10. The Morgan fingerprint density at radius 1 is 1.47 bits per heavy atom. The fraction of sp³-hybridized carbons (Fsp3) is 0.846. The standard InChI is InChI=1S/C13H23N3O3/c1-4-17-12(9(2)3)13-15-11(19-16-13)7-10-8-14-5-6-18-10/h9-10,12,14H,4-8H2,1-3H3. The summed E-state index contributed by atoms with van der Waals surface area (Å²) in [6.07, 6.45) is 0.663. The van der Waals surface area contributed by atoms with Gasteiger partial charge in [0.15, 0.2) is 0 Å². The minimum atomic E-state index is -0.104. The summed E-state index contributed by atoms with van der Waals surface area (Å²) >= 11 is 0. The van der Waals surface area contributed by atoms with Gasteiger partial charge in [0.05, 0.1) is 19.1 Å². The number of rotatable bonds is 6. The van der Waals surface area contributed by atoms with E-state index in [2.05, 4.69) is 29.3 Å². The molecule has 1 N–H and O–H groups in total. The molecule has 19 heavy (non-hydrogen) atoms. The summed E-state index contributed by atoms with van der Waals surface area (Å²) in [6.45, 7) is 9.26. The molecule has 0 spiro atoms. The predicted molar refractivity (Wildman–Crippen MR) is 69.8 cm³/mol. The Bertz CT molecular complexity index is 375. The van der Waals surface area contributed by atoms with E-state index >= 15 is 0 Å². The Hall–Kier alpha value is -0.980. The Kier molecular flexibility index (Phi) is 5.30. The van der Waals surface area contributed by atoms with Crippen molar-refractivity contribution in [2.24, 2.45) is 5.92 Å². The summed E-state index contributed by atoms with van der Waals surface area (Å²) in [5.74, 6) is 1.57. The van der Waals surface area contributed by atoms with Crippen molar-refractivity contribution in [1.82, 2.24) is 15.5 Å². The third-order valence-electron chi connectivity index (χ3n) is 3.10. The molecule has 0 radical (unpaired) electrons. The van der Waals surface area contributed by atoms with Gasteiger partial charge in [0.1, 0.15) is 6.10 Å². The lowest BCUT2D eigenvalue weighted by atomic mass is 10.1. The van der Waals surface area contributed by atoms with Gasteiger partial charge in [-0.05, 0) is 12.8 Å². The molecule has 108 valence electrons. The quantitative estimate of drug-likeness (QED) is 0.840. The van der Waals surface area contributed by atoms with E-state index in [4.69, 9.17) is 14.0 Å². The maximum absolute atomic E-state index is 5.66. The monoisotopic (exact) mass is 269 g/mol. The second-order valence-electron chi connectivity index (χ2n) is 5.07. The molecular weight excluding hydrogens is 246 g/mol. The molecule has 1 aliphatic heterocycles. The number of morpholine rings is 1. The molecule has 2 heterocycles. The van der Waals surface area contributed by atoms with Crippen molar-refractivity contribution in [3.63, 3.8) is 0 Å². The number of aromatic nitrogens is 2. The van der Waals surface area contributed by atoms with Crippen LogP contribution in [-0.4, -0.2) is 42.5 Å². The molecule has 0 aliphatic carbocycles. The molecule has 2 rings (SSSR count). The second kappa shape index (κ2) is 6.98.